The van der Waals surface area contributed by atoms with Crippen LogP contribution in [0.2, 0.25) is 0 Å². The highest BCUT2D eigenvalue weighted by molar-refractivity contribution is 5.17. The second-order valence-electron chi connectivity index (χ2n) is 3.06. The van der Waals surface area contributed by atoms with Crippen LogP contribution in [0.3, 0.4) is 0 Å². The lowest BCUT2D eigenvalue weighted by Crippen LogP contribution is -2.14. The zero-order valence-corrected chi connectivity index (χ0v) is 7.95. The van der Waals surface area contributed by atoms with Crippen molar-refractivity contribution < 1.29 is 9.34 Å². The number of hydrogen-bond acceptors (Lipinski definition) is 4. The fourth-order valence-corrected chi connectivity index (χ4v) is 0.959. The fraction of sp³-hybridized carbons (Fsp3) is 0.333. The van der Waals surface area contributed by atoms with E-state index in [1.54, 1.807) is 6.07 Å². The molecule has 0 saturated heterocycles. The molecule has 0 aliphatic carbocycles. The van der Waals surface area contributed by atoms with Gasteiger partial charge < -0.3 is 9.73 Å². The lowest BCUT2D eigenvalue weighted by atomic mass is 10.3. The Morgan fingerprint density at radius 1 is 1.71 bits per heavy atom. The van der Waals surface area contributed by atoms with Gasteiger partial charge in [-0.1, -0.05) is 12.2 Å². The summed E-state index contributed by atoms with van der Waals surface area (Å²) in [4.78, 5) is 9.72. The van der Waals surface area contributed by atoms with E-state index in [2.05, 4.69) is 11.9 Å². The van der Waals surface area contributed by atoms with E-state index in [1.807, 2.05) is 6.92 Å². The van der Waals surface area contributed by atoms with Gasteiger partial charge in [-0.25, -0.2) is 0 Å². The Bertz CT molecular complexity index is 344. The summed E-state index contributed by atoms with van der Waals surface area (Å²) in [6, 6.07) is 2.93. The first-order chi connectivity index (χ1) is 6.59. The lowest BCUT2D eigenvalue weighted by Gasteiger charge is -1.99. The molecule has 0 spiro atoms. The molecule has 0 amide bonds. The molecular weight excluding hydrogens is 184 g/mol. The molecule has 0 unspecified atom stereocenters. The SMILES string of the molecule is C=C(C)CNCc1ccc([N+](=O)[O-])o1. The first-order valence-corrected chi connectivity index (χ1v) is 4.18. The van der Waals surface area contributed by atoms with Gasteiger partial charge in [0.15, 0.2) is 0 Å². The highest BCUT2D eigenvalue weighted by atomic mass is 16.6. The number of rotatable bonds is 5. The molecule has 0 aromatic carbocycles. The highest BCUT2D eigenvalue weighted by Crippen LogP contribution is 2.14. The molecule has 0 aliphatic rings. The summed E-state index contributed by atoms with van der Waals surface area (Å²) in [6.45, 7) is 6.77. The van der Waals surface area contributed by atoms with Crippen molar-refractivity contribution in [3.8, 4) is 0 Å². The minimum atomic E-state index is -0.553. The van der Waals surface area contributed by atoms with Crippen molar-refractivity contribution >= 4 is 5.88 Å². The maximum Gasteiger partial charge on any atom is 0.433 e. The molecule has 1 aromatic heterocycles. The third-order valence-electron chi connectivity index (χ3n) is 1.55. The smallest absolute Gasteiger partial charge is 0.404 e. The van der Waals surface area contributed by atoms with Gasteiger partial charge in [0.05, 0.1) is 12.6 Å². The number of nitrogens with zero attached hydrogens (tertiary/aromatic N) is 1. The first kappa shape index (κ1) is 10.5. The molecule has 5 nitrogen and oxygen atoms in total. The van der Waals surface area contributed by atoms with E-state index in [1.165, 1.54) is 6.07 Å². The highest BCUT2D eigenvalue weighted by Gasteiger charge is 2.10. The normalized spacial score (nSPS) is 10.1. The van der Waals surface area contributed by atoms with E-state index in [4.69, 9.17) is 4.42 Å². The van der Waals surface area contributed by atoms with Crippen LogP contribution in [0.25, 0.3) is 0 Å². The number of nitro groups is 1. The van der Waals surface area contributed by atoms with Crippen molar-refractivity contribution in [2.75, 3.05) is 6.54 Å². The molecule has 1 N–H and O–H groups in total. The molecule has 14 heavy (non-hydrogen) atoms. The van der Waals surface area contributed by atoms with Crippen LogP contribution in [0.1, 0.15) is 12.7 Å². The molecule has 0 bridgehead atoms. The molecule has 0 atom stereocenters. The second-order valence-corrected chi connectivity index (χ2v) is 3.06. The van der Waals surface area contributed by atoms with Gasteiger partial charge in [0.25, 0.3) is 0 Å². The average Bonchev–Trinajstić information content (AvgIpc) is 2.52. The first-order valence-electron chi connectivity index (χ1n) is 4.18. The monoisotopic (exact) mass is 196 g/mol. The molecule has 0 saturated carbocycles. The topological polar surface area (TPSA) is 68.3 Å². The van der Waals surface area contributed by atoms with E-state index in [-0.39, 0.29) is 5.88 Å². The summed E-state index contributed by atoms with van der Waals surface area (Å²) in [6.07, 6.45) is 0. The predicted octanol–water partition coefficient (Wildman–Crippen LogP) is 1.85. The summed E-state index contributed by atoms with van der Waals surface area (Å²) in [7, 11) is 0. The van der Waals surface area contributed by atoms with Crippen LogP contribution < -0.4 is 5.32 Å². The van der Waals surface area contributed by atoms with Crippen molar-refractivity contribution in [3.63, 3.8) is 0 Å². The Kier molecular flexibility index (Phi) is 3.41. The molecule has 0 fully saturated rings. The zero-order chi connectivity index (χ0) is 10.6. The molecule has 1 heterocycles. The summed E-state index contributed by atoms with van der Waals surface area (Å²) >= 11 is 0. The van der Waals surface area contributed by atoms with Crippen molar-refractivity contribution in [2.24, 2.45) is 0 Å². The summed E-state index contributed by atoms with van der Waals surface area (Å²) < 4.78 is 4.94. The third-order valence-corrected chi connectivity index (χ3v) is 1.55. The lowest BCUT2D eigenvalue weighted by molar-refractivity contribution is -0.402. The standard InChI is InChI=1S/C9H12N2O3/c1-7(2)5-10-6-8-3-4-9(14-8)11(12)13/h3-4,10H,1,5-6H2,2H3. The molecule has 1 rings (SSSR count). The fourth-order valence-electron chi connectivity index (χ4n) is 0.959. The van der Waals surface area contributed by atoms with E-state index in [0.717, 1.165) is 5.57 Å². The Morgan fingerprint density at radius 3 is 2.93 bits per heavy atom. The quantitative estimate of drug-likeness (QED) is 0.443. The average molecular weight is 196 g/mol. The van der Waals surface area contributed by atoms with Crippen LogP contribution in [0.4, 0.5) is 5.88 Å². The Morgan fingerprint density at radius 2 is 2.43 bits per heavy atom. The maximum atomic E-state index is 10.3. The van der Waals surface area contributed by atoms with Crippen molar-refractivity contribution in [1.82, 2.24) is 5.32 Å². The Hall–Kier alpha value is -1.62. The van der Waals surface area contributed by atoms with Crippen molar-refractivity contribution in [1.29, 1.82) is 0 Å². The van der Waals surface area contributed by atoms with Crippen LogP contribution in [0.15, 0.2) is 28.7 Å². The maximum absolute atomic E-state index is 10.3. The van der Waals surface area contributed by atoms with E-state index >= 15 is 0 Å². The third kappa shape index (κ3) is 3.02. The zero-order valence-electron chi connectivity index (χ0n) is 7.95. The summed E-state index contributed by atoms with van der Waals surface area (Å²) in [5.74, 6) is 0.329. The minimum Gasteiger partial charge on any atom is -0.404 e. The van der Waals surface area contributed by atoms with Crippen LogP contribution in [0, 0.1) is 10.1 Å². The van der Waals surface area contributed by atoms with E-state index in [9.17, 15) is 10.1 Å². The number of nitrogens with one attached hydrogen (secondary N) is 1. The molecule has 0 aliphatic heterocycles. The molecule has 76 valence electrons. The number of furan rings is 1. The molecular formula is C9H12N2O3. The molecule has 1 aromatic rings. The number of hydrogen-bond donors (Lipinski definition) is 1. The van der Waals surface area contributed by atoms with Crippen molar-refractivity contribution in [2.45, 2.75) is 13.5 Å². The molecule has 5 heteroatoms. The van der Waals surface area contributed by atoms with Crippen LogP contribution in [-0.4, -0.2) is 11.5 Å². The predicted molar refractivity (Wildman–Crippen MR) is 51.9 cm³/mol. The van der Waals surface area contributed by atoms with E-state index < -0.39 is 4.92 Å². The Balaban J connectivity index is 2.44. The van der Waals surface area contributed by atoms with Crippen LogP contribution in [0.5, 0.6) is 0 Å². The van der Waals surface area contributed by atoms with Gasteiger partial charge in [-0.2, -0.15) is 0 Å². The van der Waals surface area contributed by atoms with Gasteiger partial charge in [-0.05, 0) is 13.0 Å². The van der Waals surface area contributed by atoms with E-state index in [0.29, 0.717) is 18.8 Å². The minimum absolute atomic E-state index is 0.225. The van der Waals surface area contributed by atoms with Gasteiger partial charge in [-0.3, -0.25) is 10.1 Å². The largest absolute Gasteiger partial charge is 0.433 e. The van der Waals surface area contributed by atoms with Crippen LogP contribution in [-0.2, 0) is 6.54 Å². The second kappa shape index (κ2) is 4.57. The van der Waals surface area contributed by atoms with Crippen LogP contribution >= 0.6 is 0 Å². The van der Waals surface area contributed by atoms with Gasteiger partial charge in [0.1, 0.15) is 10.7 Å². The van der Waals surface area contributed by atoms with Crippen molar-refractivity contribution in [3.05, 3.63) is 40.2 Å². The van der Waals surface area contributed by atoms with Gasteiger partial charge >= 0.3 is 5.88 Å². The van der Waals surface area contributed by atoms with Gasteiger partial charge in [0, 0.05) is 6.54 Å². The summed E-state index contributed by atoms with van der Waals surface area (Å²) in [5.41, 5.74) is 1.01. The Labute approximate surface area is 81.6 Å². The van der Waals surface area contributed by atoms with Gasteiger partial charge in [0.2, 0.25) is 0 Å². The summed E-state index contributed by atoms with van der Waals surface area (Å²) in [5, 5.41) is 13.3. The van der Waals surface area contributed by atoms with Gasteiger partial charge in [-0.15, -0.1) is 0 Å². The molecule has 0 radical (unpaired) electrons.